The summed E-state index contributed by atoms with van der Waals surface area (Å²) in [6.07, 6.45) is 7.56. The van der Waals surface area contributed by atoms with Gasteiger partial charge in [0.25, 0.3) is 0 Å². The van der Waals surface area contributed by atoms with Gasteiger partial charge < -0.3 is 14.8 Å². The van der Waals surface area contributed by atoms with Crippen LogP contribution in [0.4, 0.5) is 0 Å². The highest BCUT2D eigenvalue weighted by atomic mass is 16.5. The summed E-state index contributed by atoms with van der Waals surface area (Å²) in [5.74, 6) is 0.718. The molecule has 1 saturated carbocycles. The van der Waals surface area contributed by atoms with Gasteiger partial charge in [-0.1, -0.05) is 0 Å². The second-order valence-corrected chi connectivity index (χ2v) is 6.15. The molecular weight excluding hydrogens is 214 g/mol. The monoisotopic (exact) mass is 239 g/mol. The molecular formula is C14H25NO2. The minimum atomic E-state index is 0.266. The van der Waals surface area contributed by atoms with Gasteiger partial charge in [0.2, 0.25) is 0 Å². The Kier molecular flexibility index (Phi) is 3.42. The molecule has 0 bridgehead atoms. The van der Waals surface area contributed by atoms with Gasteiger partial charge in [0.15, 0.2) is 0 Å². The lowest BCUT2D eigenvalue weighted by molar-refractivity contribution is -0.136. The molecule has 3 nitrogen and oxygen atoms in total. The summed E-state index contributed by atoms with van der Waals surface area (Å²) in [5.41, 5.74) is 0.266. The first-order valence-corrected chi connectivity index (χ1v) is 7.25. The second-order valence-electron chi connectivity index (χ2n) is 6.15. The van der Waals surface area contributed by atoms with Crippen molar-refractivity contribution in [1.82, 2.24) is 5.32 Å². The first-order valence-electron chi connectivity index (χ1n) is 7.25. The maximum absolute atomic E-state index is 5.97. The number of rotatable bonds is 3. The molecule has 0 aromatic rings. The summed E-state index contributed by atoms with van der Waals surface area (Å²) < 4.78 is 11.4. The van der Waals surface area contributed by atoms with Crippen molar-refractivity contribution in [3.05, 3.63) is 0 Å². The third kappa shape index (κ3) is 2.51. The summed E-state index contributed by atoms with van der Waals surface area (Å²) in [5, 5.41) is 3.82. The molecule has 0 aromatic heterocycles. The summed E-state index contributed by atoms with van der Waals surface area (Å²) in [6, 6.07) is 1.26. The lowest BCUT2D eigenvalue weighted by Gasteiger charge is -2.48. The summed E-state index contributed by atoms with van der Waals surface area (Å²) in [4.78, 5) is 0. The van der Waals surface area contributed by atoms with Crippen molar-refractivity contribution >= 4 is 0 Å². The van der Waals surface area contributed by atoms with E-state index in [2.05, 4.69) is 12.2 Å². The quantitative estimate of drug-likeness (QED) is 0.818. The molecule has 98 valence electrons. The van der Waals surface area contributed by atoms with Gasteiger partial charge in [-0.25, -0.2) is 0 Å². The van der Waals surface area contributed by atoms with Crippen LogP contribution < -0.4 is 5.32 Å². The minimum Gasteiger partial charge on any atom is -0.381 e. The van der Waals surface area contributed by atoms with Crippen LogP contribution in [-0.4, -0.2) is 37.5 Å². The highest BCUT2D eigenvalue weighted by Crippen LogP contribution is 2.42. The van der Waals surface area contributed by atoms with E-state index in [1.807, 2.05) is 0 Å². The van der Waals surface area contributed by atoms with Crippen LogP contribution in [-0.2, 0) is 9.47 Å². The molecule has 1 N–H and O–H groups in total. The Morgan fingerprint density at radius 3 is 2.76 bits per heavy atom. The molecule has 0 aromatic carbocycles. The molecule has 0 amide bonds. The van der Waals surface area contributed by atoms with Crippen molar-refractivity contribution in [2.75, 3.05) is 19.8 Å². The molecule has 1 spiro atoms. The molecule has 2 aliphatic heterocycles. The maximum Gasteiger partial charge on any atom is 0.0697 e. The predicted octanol–water partition coefficient (Wildman–Crippen LogP) is 2.10. The van der Waals surface area contributed by atoms with Crippen molar-refractivity contribution < 1.29 is 9.47 Å². The van der Waals surface area contributed by atoms with Crippen LogP contribution in [0, 0.1) is 5.92 Å². The SMILES string of the molecule is CC(NC1CCOC2(CCC2)C1)C1CCOC1. The van der Waals surface area contributed by atoms with Crippen LogP contribution in [0.25, 0.3) is 0 Å². The van der Waals surface area contributed by atoms with Gasteiger partial charge in [-0.3, -0.25) is 0 Å². The molecule has 1 aliphatic carbocycles. The van der Waals surface area contributed by atoms with Gasteiger partial charge >= 0.3 is 0 Å². The molecule has 3 fully saturated rings. The molecule has 3 aliphatic rings. The lowest BCUT2D eigenvalue weighted by Crippen LogP contribution is -2.53. The fraction of sp³-hybridized carbons (Fsp3) is 1.00. The zero-order valence-electron chi connectivity index (χ0n) is 10.9. The van der Waals surface area contributed by atoms with Crippen LogP contribution in [0.5, 0.6) is 0 Å². The van der Waals surface area contributed by atoms with Gasteiger partial charge in [-0.15, -0.1) is 0 Å². The molecule has 2 heterocycles. The van der Waals surface area contributed by atoms with Crippen LogP contribution in [0.1, 0.15) is 45.4 Å². The predicted molar refractivity (Wildman–Crippen MR) is 67.1 cm³/mol. The van der Waals surface area contributed by atoms with Crippen LogP contribution in [0.3, 0.4) is 0 Å². The van der Waals surface area contributed by atoms with Crippen LogP contribution in [0.2, 0.25) is 0 Å². The van der Waals surface area contributed by atoms with Crippen LogP contribution in [0.15, 0.2) is 0 Å². The number of nitrogens with one attached hydrogen (secondary N) is 1. The Labute approximate surface area is 104 Å². The van der Waals surface area contributed by atoms with Crippen molar-refractivity contribution in [2.24, 2.45) is 5.92 Å². The van der Waals surface area contributed by atoms with Crippen molar-refractivity contribution in [2.45, 2.75) is 63.1 Å². The zero-order chi connectivity index (χ0) is 11.7. The summed E-state index contributed by atoms with van der Waals surface area (Å²) >= 11 is 0. The maximum atomic E-state index is 5.97. The topological polar surface area (TPSA) is 30.5 Å². The average molecular weight is 239 g/mol. The molecule has 3 atom stereocenters. The Balaban J connectivity index is 1.50. The van der Waals surface area contributed by atoms with E-state index >= 15 is 0 Å². The van der Waals surface area contributed by atoms with Crippen molar-refractivity contribution in [3.63, 3.8) is 0 Å². The van der Waals surface area contributed by atoms with Crippen molar-refractivity contribution in [1.29, 1.82) is 0 Å². The normalized spacial score (nSPS) is 37.9. The van der Waals surface area contributed by atoms with Gasteiger partial charge in [0, 0.05) is 25.3 Å². The number of ether oxygens (including phenoxy) is 2. The van der Waals surface area contributed by atoms with E-state index in [9.17, 15) is 0 Å². The summed E-state index contributed by atoms with van der Waals surface area (Å²) in [7, 11) is 0. The zero-order valence-corrected chi connectivity index (χ0v) is 10.9. The third-order valence-electron chi connectivity index (χ3n) is 4.93. The van der Waals surface area contributed by atoms with Gasteiger partial charge in [-0.2, -0.15) is 0 Å². The van der Waals surface area contributed by atoms with Gasteiger partial charge in [-0.05, 0) is 51.4 Å². The second kappa shape index (κ2) is 4.87. The van der Waals surface area contributed by atoms with Crippen LogP contribution >= 0.6 is 0 Å². The number of hydrogen-bond acceptors (Lipinski definition) is 3. The standard InChI is InChI=1S/C14H25NO2/c1-11(12-3-7-16-10-12)15-13-4-8-17-14(9-13)5-2-6-14/h11-13,15H,2-10H2,1H3. The fourth-order valence-electron chi connectivity index (χ4n) is 3.54. The average Bonchev–Trinajstić information content (AvgIpc) is 2.81. The van der Waals surface area contributed by atoms with E-state index in [0.29, 0.717) is 12.1 Å². The molecule has 2 saturated heterocycles. The molecule has 0 radical (unpaired) electrons. The Hall–Kier alpha value is -0.120. The van der Waals surface area contributed by atoms with Gasteiger partial charge in [0.1, 0.15) is 0 Å². The first-order chi connectivity index (χ1) is 8.27. The minimum absolute atomic E-state index is 0.266. The largest absolute Gasteiger partial charge is 0.381 e. The smallest absolute Gasteiger partial charge is 0.0697 e. The number of hydrogen-bond donors (Lipinski definition) is 1. The highest BCUT2D eigenvalue weighted by molar-refractivity contribution is 4.96. The van der Waals surface area contributed by atoms with E-state index in [0.717, 1.165) is 25.7 Å². The fourth-order valence-corrected chi connectivity index (χ4v) is 3.54. The molecule has 3 rings (SSSR count). The van der Waals surface area contributed by atoms with E-state index in [1.165, 1.54) is 38.5 Å². The lowest BCUT2D eigenvalue weighted by atomic mass is 9.73. The molecule has 3 heteroatoms. The summed E-state index contributed by atoms with van der Waals surface area (Å²) in [6.45, 7) is 5.17. The highest BCUT2D eigenvalue weighted by Gasteiger charge is 2.42. The Bertz CT molecular complexity index is 259. The molecule has 17 heavy (non-hydrogen) atoms. The Morgan fingerprint density at radius 1 is 1.24 bits per heavy atom. The van der Waals surface area contributed by atoms with E-state index in [1.54, 1.807) is 0 Å². The van der Waals surface area contributed by atoms with Crippen molar-refractivity contribution in [3.8, 4) is 0 Å². The van der Waals surface area contributed by atoms with E-state index < -0.39 is 0 Å². The first kappa shape index (κ1) is 11.9. The third-order valence-corrected chi connectivity index (χ3v) is 4.93. The van der Waals surface area contributed by atoms with Gasteiger partial charge in [0.05, 0.1) is 12.2 Å². The van der Waals surface area contributed by atoms with E-state index in [4.69, 9.17) is 9.47 Å². The molecule has 3 unspecified atom stereocenters. The van der Waals surface area contributed by atoms with E-state index in [-0.39, 0.29) is 5.60 Å². The Morgan fingerprint density at radius 2 is 2.12 bits per heavy atom.